The number of benzene rings is 2. The van der Waals surface area contributed by atoms with Gasteiger partial charge in [-0.25, -0.2) is 8.78 Å². The average Bonchev–Trinajstić information content (AvgIpc) is 3.44. The highest BCUT2D eigenvalue weighted by molar-refractivity contribution is 6.00. The molecule has 6 nitrogen and oxygen atoms in total. The lowest BCUT2D eigenvalue weighted by atomic mass is 9.72. The summed E-state index contributed by atoms with van der Waals surface area (Å²) in [5, 5.41) is 2.45. The first kappa shape index (κ1) is 27.7. The Kier molecular flexibility index (Phi) is 6.97. The van der Waals surface area contributed by atoms with Gasteiger partial charge in [-0.2, -0.15) is 0 Å². The van der Waals surface area contributed by atoms with Crippen molar-refractivity contribution < 1.29 is 18.4 Å². The quantitative estimate of drug-likeness (QED) is 0.485. The Bertz CT molecular complexity index is 1440. The number of piperazine rings is 1. The topological polar surface area (TPSA) is 55.9 Å². The fourth-order valence-corrected chi connectivity index (χ4v) is 8.06. The lowest BCUT2D eigenvalue weighted by Crippen LogP contribution is -2.54. The van der Waals surface area contributed by atoms with E-state index in [4.69, 9.17) is 0 Å². The van der Waals surface area contributed by atoms with E-state index >= 15 is 4.39 Å². The number of amides is 2. The maximum Gasteiger partial charge on any atom is 0.243 e. The number of hydrogen-bond acceptors (Lipinski definition) is 5. The molecule has 0 saturated carbocycles. The van der Waals surface area contributed by atoms with E-state index in [0.717, 1.165) is 68.4 Å². The lowest BCUT2D eigenvalue weighted by Gasteiger charge is -2.44. The van der Waals surface area contributed by atoms with E-state index in [9.17, 15) is 14.0 Å². The Balaban J connectivity index is 1.08. The van der Waals surface area contributed by atoms with Crippen molar-refractivity contribution in [3.05, 3.63) is 70.3 Å². The van der Waals surface area contributed by atoms with Crippen molar-refractivity contribution in [1.29, 1.82) is 0 Å². The highest BCUT2D eigenvalue weighted by atomic mass is 19.1. The Morgan fingerprint density at radius 1 is 0.929 bits per heavy atom. The van der Waals surface area contributed by atoms with E-state index in [1.54, 1.807) is 18.2 Å². The first-order chi connectivity index (χ1) is 20.1. The summed E-state index contributed by atoms with van der Waals surface area (Å²) in [7, 11) is 0. The molecule has 7 rings (SSSR count). The number of fused-ring (bicyclic) bond motifs is 3. The second kappa shape index (κ2) is 10.6. The second-order valence-corrected chi connectivity index (χ2v) is 13.8. The second-order valence-electron chi connectivity index (χ2n) is 13.8. The SMILES string of the molecule is CC1(C)CCC(CN2C3CCC2CN(c2cc4c(cc2F)CN(C2CCC(=O)NC2=O)C4)C3)=C(c2ccc(F)cc2)C1. The minimum Gasteiger partial charge on any atom is -0.366 e. The van der Waals surface area contributed by atoms with Gasteiger partial charge in [-0.15, -0.1) is 0 Å². The summed E-state index contributed by atoms with van der Waals surface area (Å²) in [6, 6.07) is 11.0. The Labute approximate surface area is 246 Å². The molecule has 3 unspecified atom stereocenters. The first-order valence-corrected chi connectivity index (χ1v) is 15.5. The van der Waals surface area contributed by atoms with E-state index in [2.05, 4.69) is 33.9 Å². The molecule has 42 heavy (non-hydrogen) atoms. The lowest BCUT2D eigenvalue weighted by molar-refractivity contribution is -0.137. The number of carbonyl (C=O) groups is 2. The summed E-state index contributed by atoms with van der Waals surface area (Å²) < 4.78 is 29.3. The molecule has 3 saturated heterocycles. The van der Waals surface area contributed by atoms with Gasteiger partial charge in [0.25, 0.3) is 0 Å². The molecular weight excluding hydrogens is 534 g/mol. The van der Waals surface area contributed by atoms with Gasteiger partial charge in [0.05, 0.1) is 11.7 Å². The summed E-state index contributed by atoms with van der Waals surface area (Å²) in [5.41, 5.74) is 6.89. The summed E-state index contributed by atoms with van der Waals surface area (Å²) >= 11 is 0. The largest absolute Gasteiger partial charge is 0.366 e. The third-order valence-electron chi connectivity index (χ3n) is 10.4. The Morgan fingerprint density at radius 2 is 1.62 bits per heavy atom. The van der Waals surface area contributed by atoms with Gasteiger partial charge >= 0.3 is 0 Å². The van der Waals surface area contributed by atoms with Crippen LogP contribution in [0.25, 0.3) is 5.57 Å². The van der Waals surface area contributed by atoms with Crippen LogP contribution in [0.3, 0.4) is 0 Å². The fraction of sp³-hybridized carbons (Fsp3) is 0.529. The summed E-state index contributed by atoms with van der Waals surface area (Å²) in [6.07, 6.45) is 6.29. The Morgan fingerprint density at radius 3 is 2.31 bits per heavy atom. The predicted molar refractivity (Wildman–Crippen MR) is 158 cm³/mol. The van der Waals surface area contributed by atoms with Crippen LogP contribution >= 0.6 is 0 Å². The highest BCUT2D eigenvalue weighted by Gasteiger charge is 2.42. The van der Waals surface area contributed by atoms with Crippen molar-refractivity contribution in [1.82, 2.24) is 15.1 Å². The molecule has 1 N–H and O–H groups in total. The number of piperidine rings is 1. The molecule has 3 atom stereocenters. The number of nitrogens with one attached hydrogen (secondary N) is 1. The molecule has 2 bridgehead atoms. The van der Waals surface area contributed by atoms with Crippen LogP contribution in [0.5, 0.6) is 0 Å². The van der Waals surface area contributed by atoms with Crippen molar-refractivity contribution in [2.24, 2.45) is 5.41 Å². The third-order valence-corrected chi connectivity index (χ3v) is 10.4. The van der Waals surface area contributed by atoms with E-state index in [1.807, 2.05) is 18.2 Å². The normalized spacial score (nSPS) is 27.9. The maximum atomic E-state index is 15.6. The van der Waals surface area contributed by atoms with Crippen LogP contribution in [-0.2, 0) is 22.7 Å². The average molecular weight is 575 g/mol. The predicted octanol–water partition coefficient (Wildman–Crippen LogP) is 5.40. The van der Waals surface area contributed by atoms with Crippen LogP contribution in [0.4, 0.5) is 14.5 Å². The van der Waals surface area contributed by atoms with E-state index in [1.165, 1.54) is 11.1 Å². The molecule has 5 aliphatic rings. The summed E-state index contributed by atoms with van der Waals surface area (Å²) in [4.78, 5) is 31.0. The number of nitrogens with zero attached hydrogens (tertiary/aromatic N) is 3. The van der Waals surface area contributed by atoms with Gasteiger partial charge in [-0.1, -0.05) is 31.6 Å². The molecule has 3 fully saturated rings. The van der Waals surface area contributed by atoms with Crippen LogP contribution in [0.15, 0.2) is 42.0 Å². The van der Waals surface area contributed by atoms with Gasteiger partial charge in [0.1, 0.15) is 11.6 Å². The van der Waals surface area contributed by atoms with Crippen LogP contribution in [0.2, 0.25) is 0 Å². The van der Waals surface area contributed by atoms with E-state index < -0.39 is 0 Å². The number of carbonyl (C=O) groups excluding carboxylic acids is 2. The molecule has 2 aromatic carbocycles. The van der Waals surface area contributed by atoms with Crippen molar-refractivity contribution in [2.45, 2.75) is 90.0 Å². The minimum atomic E-state index is -0.347. The monoisotopic (exact) mass is 574 g/mol. The smallest absolute Gasteiger partial charge is 0.243 e. The zero-order chi connectivity index (χ0) is 29.2. The zero-order valence-electron chi connectivity index (χ0n) is 24.6. The van der Waals surface area contributed by atoms with Gasteiger partial charge in [0.2, 0.25) is 11.8 Å². The molecule has 1 aliphatic carbocycles. The van der Waals surface area contributed by atoms with Crippen LogP contribution in [-0.4, -0.2) is 59.4 Å². The standard InChI is InChI=1S/C34H40F2N4O2/c1-34(2)12-11-22(28(15-34)21-3-5-25(35)6-4-21)18-40-26-7-8-27(40)20-39(19-26)31-14-24-17-38(16-23(24)13-29(31)36)30-9-10-32(41)37-33(30)42/h3-6,13-14,26-27,30H,7-12,15-20H2,1-2H3,(H,37,41,42). The molecule has 2 amide bonds. The first-order valence-electron chi connectivity index (χ1n) is 15.5. The third kappa shape index (κ3) is 5.17. The molecule has 8 heteroatoms. The van der Waals surface area contributed by atoms with Gasteiger partial charge in [0.15, 0.2) is 0 Å². The highest BCUT2D eigenvalue weighted by Crippen LogP contribution is 2.45. The van der Waals surface area contributed by atoms with E-state index in [0.29, 0.717) is 43.7 Å². The fourth-order valence-electron chi connectivity index (χ4n) is 8.06. The molecule has 0 aromatic heterocycles. The minimum absolute atomic E-state index is 0.192. The van der Waals surface area contributed by atoms with Crippen molar-refractivity contribution in [3.63, 3.8) is 0 Å². The number of hydrogen-bond donors (Lipinski definition) is 1. The molecule has 4 heterocycles. The van der Waals surface area contributed by atoms with Crippen LogP contribution < -0.4 is 10.2 Å². The molecule has 222 valence electrons. The molecule has 2 aromatic rings. The summed E-state index contributed by atoms with van der Waals surface area (Å²) in [6.45, 7) is 8.30. The number of anilines is 1. The number of rotatable bonds is 5. The Hall–Kier alpha value is -3.10. The van der Waals surface area contributed by atoms with Gasteiger partial charge in [-0.3, -0.25) is 24.7 Å². The zero-order valence-corrected chi connectivity index (χ0v) is 24.6. The van der Waals surface area contributed by atoms with Gasteiger partial charge < -0.3 is 4.90 Å². The van der Waals surface area contributed by atoms with Crippen molar-refractivity contribution in [3.8, 4) is 0 Å². The van der Waals surface area contributed by atoms with Crippen LogP contribution in [0.1, 0.15) is 75.5 Å². The number of imide groups is 1. The van der Waals surface area contributed by atoms with Crippen molar-refractivity contribution >= 4 is 23.1 Å². The van der Waals surface area contributed by atoms with Gasteiger partial charge in [0, 0.05) is 51.2 Å². The van der Waals surface area contributed by atoms with Crippen molar-refractivity contribution in [2.75, 3.05) is 24.5 Å². The molecule has 0 spiro atoms. The molecule has 4 aliphatic heterocycles. The maximum absolute atomic E-state index is 15.6. The van der Waals surface area contributed by atoms with E-state index in [-0.39, 0.29) is 34.9 Å². The number of halogens is 2. The van der Waals surface area contributed by atoms with Crippen LogP contribution in [0, 0.1) is 17.0 Å². The summed E-state index contributed by atoms with van der Waals surface area (Å²) in [5.74, 6) is -0.854. The number of allylic oxidation sites excluding steroid dienone is 1. The van der Waals surface area contributed by atoms with Gasteiger partial charge in [-0.05, 0) is 90.5 Å². The molecular formula is C34H40F2N4O2. The molecule has 0 radical (unpaired) electrons.